The number of nitrogens with zero attached hydrogens (tertiary/aromatic N) is 3. The van der Waals surface area contributed by atoms with Gasteiger partial charge in [0, 0.05) is 42.4 Å². The van der Waals surface area contributed by atoms with E-state index in [1.165, 1.54) is 25.9 Å². The maximum absolute atomic E-state index is 13.3. The first kappa shape index (κ1) is 23.8. The van der Waals surface area contributed by atoms with Gasteiger partial charge in [0.15, 0.2) is 0 Å². The lowest BCUT2D eigenvalue weighted by molar-refractivity contribution is -0.122. The van der Waals surface area contributed by atoms with Crippen molar-refractivity contribution < 1.29 is 18.0 Å². The minimum absolute atomic E-state index is 0.0211. The van der Waals surface area contributed by atoms with Gasteiger partial charge in [-0.2, -0.15) is 4.31 Å². The topological polar surface area (TPSA) is 78.0 Å². The van der Waals surface area contributed by atoms with Crippen LogP contribution in [0, 0.1) is 0 Å². The van der Waals surface area contributed by atoms with E-state index in [2.05, 4.69) is 0 Å². The molecule has 0 saturated carbocycles. The predicted molar refractivity (Wildman–Crippen MR) is 131 cm³/mol. The summed E-state index contributed by atoms with van der Waals surface area (Å²) in [6.07, 6.45) is 3.00. The van der Waals surface area contributed by atoms with Crippen molar-refractivity contribution in [2.75, 3.05) is 36.5 Å². The second-order valence-corrected chi connectivity index (χ2v) is 11.9. The molecule has 33 heavy (non-hydrogen) atoms. The Hall–Kier alpha value is -2.36. The van der Waals surface area contributed by atoms with E-state index in [-0.39, 0.29) is 34.9 Å². The van der Waals surface area contributed by atoms with Gasteiger partial charge in [0.05, 0.1) is 10.6 Å². The van der Waals surface area contributed by atoms with E-state index in [0.29, 0.717) is 18.8 Å². The third-order valence-electron chi connectivity index (χ3n) is 6.08. The molecule has 2 heterocycles. The zero-order valence-corrected chi connectivity index (χ0v) is 20.6. The van der Waals surface area contributed by atoms with E-state index in [9.17, 15) is 18.0 Å². The normalized spacial score (nSPS) is 19.6. The molecule has 1 fully saturated rings. The number of carbonyl (C=O) groups excluding carboxylic acids is 2. The number of amides is 2. The highest BCUT2D eigenvalue weighted by Crippen LogP contribution is 2.40. The van der Waals surface area contributed by atoms with Gasteiger partial charge in [0.1, 0.15) is 6.54 Å². The molecule has 4 rings (SSSR count). The van der Waals surface area contributed by atoms with Crippen LogP contribution in [0.25, 0.3) is 0 Å². The molecule has 0 unspecified atom stereocenters. The van der Waals surface area contributed by atoms with Crippen LogP contribution < -0.4 is 9.80 Å². The smallest absolute Gasteiger partial charge is 0.246 e. The summed E-state index contributed by atoms with van der Waals surface area (Å²) in [5, 5.41) is 0.0211. The average Bonchev–Trinajstić information content (AvgIpc) is 2.94. The number of sulfonamides is 1. The highest BCUT2D eigenvalue weighted by atomic mass is 32.2. The molecule has 7 nitrogen and oxygen atoms in total. The minimum atomic E-state index is -3.66. The predicted octanol–water partition coefficient (Wildman–Crippen LogP) is 3.74. The van der Waals surface area contributed by atoms with Crippen LogP contribution in [0.1, 0.15) is 32.6 Å². The molecule has 2 aliphatic rings. The van der Waals surface area contributed by atoms with Crippen LogP contribution in [-0.2, 0) is 19.6 Å². The maximum Gasteiger partial charge on any atom is 0.246 e. The maximum atomic E-state index is 13.3. The van der Waals surface area contributed by atoms with Crippen LogP contribution in [0.15, 0.2) is 58.3 Å². The first-order valence-corrected chi connectivity index (χ1v) is 13.5. The molecule has 0 aromatic heterocycles. The number of anilines is 2. The van der Waals surface area contributed by atoms with Gasteiger partial charge in [-0.1, -0.05) is 31.5 Å². The standard InChI is InChI=1S/C24H29N3O4S2/c1-18-15-23(28)27(17-24(29)25(2)19-9-5-3-6-10-19)21-16-20(11-12-22(21)32-18)33(30,31)26-13-7-4-8-14-26/h3,5-6,9-12,16,18H,4,7-8,13-15,17H2,1-2H3/t18-/m1/s1. The Balaban J connectivity index is 1.68. The fraction of sp³-hybridized carbons (Fsp3) is 0.417. The number of carbonyl (C=O) groups is 2. The third-order valence-corrected chi connectivity index (χ3v) is 9.14. The molecular formula is C24H29N3O4S2. The van der Waals surface area contributed by atoms with E-state index in [1.54, 1.807) is 25.2 Å². The fourth-order valence-electron chi connectivity index (χ4n) is 4.18. The molecule has 2 aliphatic heterocycles. The zero-order chi connectivity index (χ0) is 23.6. The van der Waals surface area contributed by atoms with Crippen LogP contribution in [0.4, 0.5) is 11.4 Å². The molecule has 0 aliphatic carbocycles. The number of thioether (sulfide) groups is 1. The summed E-state index contributed by atoms with van der Waals surface area (Å²) in [4.78, 5) is 30.2. The summed E-state index contributed by atoms with van der Waals surface area (Å²) >= 11 is 1.53. The van der Waals surface area contributed by atoms with Gasteiger partial charge in [-0.15, -0.1) is 11.8 Å². The molecule has 0 radical (unpaired) electrons. The Morgan fingerprint density at radius 2 is 1.79 bits per heavy atom. The molecule has 2 amide bonds. The quantitative estimate of drug-likeness (QED) is 0.642. The van der Waals surface area contributed by atoms with Gasteiger partial charge in [-0.3, -0.25) is 9.59 Å². The highest BCUT2D eigenvalue weighted by Gasteiger charge is 2.32. The average molecular weight is 488 g/mol. The number of benzene rings is 2. The summed E-state index contributed by atoms with van der Waals surface area (Å²) in [7, 11) is -1.98. The summed E-state index contributed by atoms with van der Waals surface area (Å²) < 4.78 is 28.1. The lowest BCUT2D eigenvalue weighted by Gasteiger charge is -2.28. The lowest BCUT2D eigenvalue weighted by Crippen LogP contribution is -2.42. The van der Waals surface area contributed by atoms with Crippen LogP contribution in [-0.4, -0.2) is 56.5 Å². The number of para-hydroxylation sites is 1. The van der Waals surface area contributed by atoms with Gasteiger partial charge in [0.2, 0.25) is 21.8 Å². The minimum Gasteiger partial charge on any atom is -0.314 e. The molecule has 2 aromatic rings. The Morgan fingerprint density at radius 1 is 1.09 bits per heavy atom. The van der Waals surface area contributed by atoms with Crippen molar-refractivity contribution in [3.8, 4) is 0 Å². The molecule has 176 valence electrons. The van der Waals surface area contributed by atoms with Crippen molar-refractivity contribution in [3.05, 3.63) is 48.5 Å². The lowest BCUT2D eigenvalue weighted by atomic mass is 10.2. The third kappa shape index (κ3) is 5.10. The van der Waals surface area contributed by atoms with Crippen molar-refractivity contribution in [1.29, 1.82) is 0 Å². The highest BCUT2D eigenvalue weighted by molar-refractivity contribution is 8.00. The zero-order valence-electron chi connectivity index (χ0n) is 18.9. The second kappa shape index (κ2) is 9.87. The SMILES string of the molecule is C[C@@H]1CC(=O)N(CC(=O)N(C)c2ccccc2)c2cc(S(=O)(=O)N3CCCCC3)ccc2S1. The Kier molecular flexibility index (Phi) is 7.11. The largest absolute Gasteiger partial charge is 0.314 e. The number of hydrogen-bond acceptors (Lipinski definition) is 5. The van der Waals surface area contributed by atoms with E-state index in [0.717, 1.165) is 29.8 Å². The Bertz CT molecular complexity index is 1130. The Labute approximate surface area is 199 Å². The molecule has 0 spiro atoms. The number of hydrogen-bond donors (Lipinski definition) is 0. The van der Waals surface area contributed by atoms with Gasteiger partial charge in [-0.05, 0) is 43.2 Å². The summed E-state index contributed by atoms with van der Waals surface area (Å²) in [6, 6.07) is 14.2. The van der Waals surface area contributed by atoms with Crippen LogP contribution in [0.5, 0.6) is 0 Å². The van der Waals surface area contributed by atoms with E-state index in [4.69, 9.17) is 0 Å². The molecule has 0 N–H and O–H groups in total. The molecular weight excluding hydrogens is 458 g/mol. The number of likely N-dealkylation sites (N-methyl/N-ethyl adjacent to an activating group) is 1. The summed E-state index contributed by atoms with van der Waals surface area (Å²) in [5.74, 6) is -0.430. The van der Waals surface area contributed by atoms with Crippen molar-refractivity contribution in [2.24, 2.45) is 0 Å². The van der Waals surface area contributed by atoms with Gasteiger partial charge in [-0.25, -0.2) is 8.42 Å². The summed E-state index contributed by atoms with van der Waals surface area (Å²) in [6.45, 7) is 2.83. The van der Waals surface area contributed by atoms with Crippen molar-refractivity contribution in [1.82, 2.24) is 4.31 Å². The molecule has 0 bridgehead atoms. The van der Waals surface area contributed by atoms with Gasteiger partial charge < -0.3 is 9.80 Å². The number of piperidine rings is 1. The van der Waals surface area contributed by atoms with Gasteiger partial charge in [0.25, 0.3) is 0 Å². The van der Waals surface area contributed by atoms with Crippen LogP contribution in [0.3, 0.4) is 0 Å². The second-order valence-electron chi connectivity index (χ2n) is 8.50. The van der Waals surface area contributed by atoms with E-state index < -0.39 is 10.0 Å². The molecule has 1 saturated heterocycles. The molecule has 9 heteroatoms. The first-order chi connectivity index (χ1) is 15.8. The monoisotopic (exact) mass is 487 g/mol. The van der Waals surface area contributed by atoms with Crippen molar-refractivity contribution in [2.45, 2.75) is 47.6 Å². The van der Waals surface area contributed by atoms with E-state index >= 15 is 0 Å². The van der Waals surface area contributed by atoms with Crippen molar-refractivity contribution in [3.63, 3.8) is 0 Å². The van der Waals surface area contributed by atoms with E-state index in [1.807, 2.05) is 37.3 Å². The number of rotatable bonds is 5. The molecule has 2 aromatic carbocycles. The fourth-order valence-corrected chi connectivity index (χ4v) is 6.82. The van der Waals surface area contributed by atoms with Crippen LogP contribution >= 0.6 is 11.8 Å². The van der Waals surface area contributed by atoms with Crippen LogP contribution in [0.2, 0.25) is 0 Å². The number of fused-ring (bicyclic) bond motifs is 1. The first-order valence-electron chi connectivity index (χ1n) is 11.2. The van der Waals surface area contributed by atoms with Crippen molar-refractivity contribution >= 4 is 45.0 Å². The summed E-state index contributed by atoms with van der Waals surface area (Å²) in [5.41, 5.74) is 1.22. The Morgan fingerprint density at radius 3 is 2.48 bits per heavy atom. The molecule has 1 atom stereocenters. The van der Waals surface area contributed by atoms with Gasteiger partial charge >= 0.3 is 0 Å².